The Bertz CT molecular complexity index is 542. The van der Waals surface area contributed by atoms with Gasteiger partial charge in [0.05, 0.1) is 17.8 Å². The summed E-state index contributed by atoms with van der Waals surface area (Å²) >= 11 is 7.68. The SMILES string of the molecule is CNCc1cc(Cl)ccc1OCCc1scnc1C. The minimum atomic E-state index is 0.654. The van der Waals surface area contributed by atoms with Crippen LogP contribution in [0.1, 0.15) is 16.1 Å². The summed E-state index contributed by atoms with van der Waals surface area (Å²) in [6.07, 6.45) is 0.887. The number of thiazole rings is 1. The average molecular weight is 297 g/mol. The first kappa shape index (κ1) is 14.3. The Morgan fingerprint density at radius 3 is 2.95 bits per heavy atom. The lowest BCUT2D eigenvalue weighted by atomic mass is 10.2. The van der Waals surface area contributed by atoms with E-state index in [-0.39, 0.29) is 0 Å². The van der Waals surface area contributed by atoms with Crippen molar-refractivity contribution < 1.29 is 4.74 Å². The molecule has 1 heterocycles. The van der Waals surface area contributed by atoms with Gasteiger partial charge in [0.2, 0.25) is 0 Å². The monoisotopic (exact) mass is 296 g/mol. The molecule has 0 amide bonds. The van der Waals surface area contributed by atoms with E-state index in [0.29, 0.717) is 6.61 Å². The number of halogens is 1. The summed E-state index contributed by atoms with van der Waals surface area (Å²) < 4.78 is 5.85. The second-order valence-corrected chi connectivity index (χ2v) is 5.62. The van der Waals surface area contributed by atoms with Crippen molar-refractivity contribution in [3.63, 3.8) is 0 Å². The fourth-order valence-electron chi connectivity index (χ4n) is 1.84. The fourth-order valence-corrected chi connectivity index (χ4v) is 2.79. The van der Waals surface area contributed by atoms with E-state index in [9.17, 15) is 0 Å². The Morgan fingerprint density at radius 1 is 1.42 bits per heavy atom. The van der Waals surface area contributed by atoms with E-state index in [4.69, 9.17) is 16.3 Å². The Labute approximate surface area is 122 Å². The Kier molecular flexibility index (Phi) is 5.19. The first-order valence-electron chi connectivity index (χ1n) is 6.15. The van der Waals surface area contributed by atoms with Crippen LogP contribution in [0, 0.1) is 6.92 Å². The van der Waals surface area contributed by atoms with Crippen molar-refractivity contribution in [3.05, 3.63) is 44.9 Å². The van der Waals surface area contributed by atoms with Gasteiger partial charge in [0.15, 0.2) is 0 Å². The molecule has 0 atom stereocenters. The summed E-state index contributed by atoms with van der Waals surface area (Å²) in [5.74, 6) is 0.890. The van der Waals surface area contributed by atoms with Crippen LogP contribution >= 0.6 is 22.9 Å². The van der Waals surface area contributed by atoms with Crippen LogP contribution in [0.2, 0.25) is 5.02 Å². The van der Waals surface area contributed by atoms with Crippen molar-refractivity contribution in [1.82, 2.24) is 10.3 Å². The van der Waals surface area contributed by atoms with Gasteiger partial charge >= 0.3 is 0 Å². The molecule has 2 rings (SSSR count). The zero-order chi connectivity index (χ0) is 13.7. The number of hydrogen-bond donors (Lipinski definition) is 1. The van der Waals surface area contributed by atoms with Crippen LogP contribution in [0.5, 0.6) is 5.75 Å². The van der Waals surface area contributed by atoms with Gasteiger partial charge in [0, 0.05) is 28.4 Å². The molecule has 0 saturated heterocycles. The number of nitrogens with one attached hydrogen (secondary N) is 1. The highest BCUT2D eigenvalue weighted by Gasteiger charge is 2.06. The highest BCUT2D eigenvalue weighted by atomic mass is 35.5. The number of hydrogen-bond acceptors (Lipinski definition) is 4. The zero-order valence-corrected chi connectivity index (χ0v) is 12.6. The van der Waals surface area contributed by atoms with Crippen LogP contribution in [-0.2, 0) is 13.0 Å². The molecule has 0 aliphatic heterocycles. The van der Waals surface area contributed by atoms with E-state index in [1.54, 1.807) is 11.3 Å². The third-order valence-electron chi connectivity index (χ3n) is 2.82. The molecule has 1 N–H and O–H groups in total. The molecule has 0 saturated carbocycles. The first-order chi connectivity index (χ1) is 9.20. The van der Waals surface area contributed by atoms with E-state index >= 15 is 0 Å². The maximum atomic E-state index is 6.00. The van der Waals surface area contributed by atoms with E-state index in [1.807, 2.05) is 37.7 Å². The Hall–Kier alpha value is -1.10. The second kappa shape index (κ2) is 6.89. The van der Waals surface area contributed by atoms with Crippen LogP contribution < -0.4 is 10.1 Å². The number of nitrogens with zero attached hydrogens (tertiary/aromatic N) is 1. The van der Waals surface area contributed by atoms with E-state index in [2.05, 4.69) is 10.3 Å². The Balaban J connectivity index is 1.97. The van der Waals surface area contributed by atoms with Crippen molar-refractivity contribution in [2.75, 3.05) is 13.7 Å². The van der Waals surface area contributed by atoms with Crippen LogP contribution in [0.15, 0.2) is 23.7 Å². The van der Waals surface area contributed by atoms with Gasteiger partial charge in [-0.15, -0.1) is 11.3 Å². The lowest BCUT2D eigenvalue weighted by molar-refractivity contribution is 0.318. The number of rotatable bonds is 6. The molecule has 0 radical (unpaired) electrons. The second-order valence-electron chi connectivity index (χ2n) is 4.24. The zero-order valence-electron chi connectivity index (χ0n) is 11.1. The van der Waals surface area contributed by atoms with Gasteiger partial charge in [-0.25, -0.2) is 4.98 Å². The van der Waals surface area contributed by atoms with Crippen molar-refractivity contribution in [2.45, 2.75) is 19.9 Å². The molecule has 1 aromatic heterocycles. The van der Waals surface area contributed by atoms with Gasteiger partial charge in [-0.05, 0) is 32.2 Å². The van der Waals surface area contributed by atoms with Crippen LogP contribution in [-0.4, -0.2) is 18.6 Å². The topological polar surface area (TPSA) is 34.1 Å². The summed E-state index contributed by atoms with van der Waals surface area (Å²) in [5, 5.41) is 3.85. The van der Waals surface area contributed by atoms with Crippen LogP contribution in [0.3, 0.4) is 0 Å². The molecule has 0 aliphatic rings. The maximum Gasteiger partial charge on any atom is 0.123 e. The minimum absolute atomic E-state index is 0.654. The predicted octanol–water partition coefficient (Wildman–Crippen LogP) is 3.45. The predicted molar refractivity (Wildman–Crippen MR) is 80.3 cm³/mol. The third kappa shape index (κ3) is 3.93. The largest absolute Gasteiger partial charge is 0.493 e. The van der Waals surface area contributed by atoms with Gasteiger partial charge in [-0.1, -0.05) is 11.6 Å². The molecule has 0 aliphatic carbocycles. The van der Waals surface area contributed by atoms with E-state index < -0.39 is 0 Å². The summed E-state index contributed by atoms with van der Waals surface area (Å²) in [6, 6.07) is 5.72. The van der Waals surface area contributed by atoms with Crippen molar-refractivity contribution in [3.8, 4) is 5.75 Å². The number of aryl methyl sites for hydroxylation is 1. The molecule has 3 nitrogen and oxygen atoms in total. The lowest BCUT2D eigenvalue weighted by Crippen LogP contribution is -2.09. The standard InChI is InChI=1S/C14H17ClN2OS/c1-10-14(19-9-17-10)5-6-18-13-4-3-12(15)7-11(13)8-16-2/h3-4,7,9,16H,5-6,8H2,1-2H3. The highest BCUT2D eigenvalue weighted by Crippen LogP contribution is 2.23. The van der Waals surface area contributed by atoms with Gasteiger partial charge in [-0.2, -0.15) is 0 Å². The first-order valence-corrected chi connectivity index (χ1v) is 7.41. The minimum Gasteiger partial charge on any atom is -0.493 e. The highest BCUT2D eigenvalue weighted by molar-refractivity contribution is 7.09. The molecule has 19 heavy (non-hydrogen) atoms. The van der Waals surface area contributed by atoms with Gasteiger partial charge in [-0.3, -0.25) is 0 Å². The van der Waals surface area contributed by atoms with Crippen LogP contribution in [0.4, 0.5) is 0 Å². The number of aromatic nitrogens is 1. The van der Waals surface area contributed by atoms with Crippen molar-refractivity contribution in [2.24, 2.45) is 0 Å². The summed E-state index contributed by atoms with van der Waals surface area (Å²) in [7, 11) is 1.91. The van der Waals surface area contributed by atoms with Crippen molar-refractivity contribution >= 4 is 22.9 Å². The third-order valence-corrected chi connectivity index (χ3v) is 4.05. The van der Waals surface area contributed by atoms with Gasteiger partial charge in [0.1, 0.15) is 5.75 Å². The molecule has 0 unspecified atom stereocenters. The summed E-state index contributed by atoms with van der Waals surface area (Å²) in [5.41, 5.74) is 4.05. The maximum absolute atomic E-state index is 6.00. The molecule has 102 valence electrons. The molecule has 0 fully saturated rings. The summed E-state index contributed by atoms with van der Waals surface area (Å²) in [6.45, 7) is 3.43. The normalized spacial score (nSPS) is 10.7. The average Bonchev–Trinajstić information content (AvgIpc) is 2.78. The smallest absolute Gasteiger partial charge is 0.123 e. The quantitative estimate of drug-likeness (QED) is 0.886. The number of ether oxygens (including phenoxy) is 1. The van der Waals surface area contributed by atoms with Crippen molar-refractivity contribution in [1.29, 1.82) is 0 Å². The number of benzene rings is 1. The lowest BCUT2D eigenvalue weighted by Gasteiger charge is -2.11. The molecular weight excluding hydrogens is 280 g/mol. The van der Waals surface area contributed by atoms with E-state index in [1.165, 1.54) is 4.88 Å². The molecule has 1 aromatic carbocycles. The Morgan fingerprint density at radius 2 is 2.26 bits per heavy atom. The molecule has 0 spiro atoms. The van der Waals surface area contributed by atoms with Gasteiger partial charge < -0.3 is 10.1 Å². The molecule has 0 bridgehead atoms. The molecule has 2 aromatic rings. The molecular formula is C14H17ClN2OS. The van der Waals surface area contributed by atoms with Crippen LogP contribution in [0.25, 0.3) is 0 Å². The fraction of sp³-hybridized carbons (Fsp3) is 0.357. The summed E-state index contributed by atoms with van der Waals surface area (Å²) in [4.78, 5) is 5.52. The molecule has 5 heteroatoms. The van der Waals surface area contributed by atoms with Gasteiger partial charge in [0.25, 0.3) is 0 Å². The van der Waals surface area contributed by atoms with E-state index in [0.717, 1.165) is 35.0 Å².